The number of aliphatic hydroxyl groups excluding tert-OH is 2. The summed E-state index contributed by atoms with van der Waals surface area (Å²) in [4.78, 5) is 58.5. The zero-order chi connectivity index (χ0) is 69.5. The second kappa shape index (κ2) is 69.3. The third kappa shape index (κ3) is 70.6. The molecule has 18 heteroatoms. The maximum absolute atomic E-state index is 12.9. The fraction of sp³-hybridized carbons (Fsp3) is 0.649. The molecule has 0 aliphatic heterocycles. The smallest absolute Gasteiger partial charge is 0.463 e. The molecule has 0 amide bonds. The number of hydrogen-bond acceptors (Lipinski definition) is 14. The quantitative estimate of drug-likeness (QED) is 0.0146. The van der Waals surface area contributed by atoms with E-state index in [0.717, 1.165) is 154 Å². The Kier molecular flexibility index (Phi) is 66.0. The van der Waals surface area contributed by atoms with Crippen LogP contribution in [-0.2, 0) is 55.8 Å². The van der Waals surface area contributed by atoms with E-state index in [1.807, 2.05) is 0 Å². The van der Waals surface area contributed by atoms with Gasteiger partial charge in [0.05, 0.1) is 26.4 Å². The average Bonchev–Trinajstić information content (AvgIpc) is 2.06. The first kappa shape index (κ1) is 90.4. The molecule has 4 N–H and O–H groups in total. The minimum atomic E-state index is -4.95. The maximum atomic E-state index is 12.9. The summed E-state index contributed by atoms with van der Waals surface area (Å²) in [5.41, 5.74) is 0. The molecule has 0 rings (SSSR count). The monoisotopic (exact) mass is 1370 g/mol. The van der Waals surface area contributed by atoms with Gasteiger partial charge in [0.15, 0.2) is 6.10 Å². The fourth-order valence-electron chi connectivity index (χ4n) is 9.06. The van der Waals surface area contributed by atoms with E-state index in [9.17, 15) is 43.5 Å². The molecule has 0 aromatic rings. The second-order valence-electron chi connectivity index (χ2n) is 23.6. The van der Waals surface area contributed by atoms with Gasteiger partial charge in [0.2, 0.25) is 0 Å². The van der Waals surface area contributed by atoms with Gasteiger partial charge in [-0.2, -0.15) is 0 Å². The molecule has 0 aromatic heterocycles. The molecule has 0 aromatic carbocycles. The highest BCUT2D eigenvalue weighted by Crippen LogP contribution is 2.45. The highest BCUT2D eigenvalue weighted by atomic mass is 31.2. The molecule has 0 aliphatic carbocycles. The van der Waals surface area contributed by atoms with Crippen molar-refractivity contribution < 1.29 is 75.8 Å². The van der Waals surface area contributed by atoms with Crippen molar-refractivity contribution in [3.8, 4) is 0 Å². The van der Waals surface area contributed by atoms with E-state index in [1.54, 1.807) is 0 Å². The molecule has 5 atom stereocenters. The van der Waals surface area contributed by atoms with Crippen molar-refractivity contribution in [2.45, 2.75) is 283 Å². The Labute approximate surface area is 575 Å². The van der Waals surface area contributed by atoms with Crippen LogP contribution in [0.4, 0.5) is 0 Å². The van der Waals surface area contributed by atoms with Crippen molar-refractivity contribution in [2.24, 2.45) is 0 Å². The highest BCUT2D eigenvalue weighted by molar-refractivity contribution is 7.47. The van der Waals surface area contributed by atoms with Gasteiger partial charge < -0.3 is 34.2 Å². The van der Waals surface area contributed by atoms with Gasteiger partial charge in [0.1, 0.15) is 25.4 Å². The van der Waals surface area contributed by atoms with Crippen molar-refractivity contribution in [1.29, 1.82) is 0 Å². The molecule has 95 heavy (non-hydrogen) atoms. The zero-order valence-electron chi connectivity index (χ0n) is 58.8. The number of ether oxygens (including phenoxy) is 3. The SMILES string of the molecule is CC/C=C\C/C=C\C/C=C\C/C=C\CCCCCCC(=O)OCC(COP(=O)(O)OCC(O)COP(=O)(O)OCC(O)COC(=O)CCCCCCCCCCC/C=C\C/C=C\C/C=C\C/C=C\CCCCC)OC(=O)CCCCCC/C=C\C/C=C\C/C=C\C/C=C\CC. The number of esters is 3. The summed E-state index contributed by atoms with van der Waals surface area (Å²) in [6.45, 7) is 2.34. The number of allylic oxidation sites excluding steroid dienone is 24. The van der Waals surface area contributed by atoms with Crippen molar-refractivity contribution in [1.82, 2.24) is 0 Å². The number of unbranched alkanes of at least 4 members (excludes halogenated alkanes) is 20. The van der Waals surface area contributed by atoms with E-state index < -0.39 is 91.5 Å². The molecule has 0 saturated carbocycles. The van der Waals surface area contributed by atoms with Gasteiger partial charge in [0, 0.05) is 19.3 Å². The van der Waals surface area contributed by atoms with Gasteiger partial charge in [0.25, 0.3) is 0 Å². The molecule has 0 fully saturated rings. The molecular weight excluding hydrogens is 1240 g/mol. The van der Waals surface area contributed by atoms with Crippen molar-refractivity contribution >= 4 is 33.6 Å². The number of phosphoric acid groups is 2. The van der Waals surface area contributed by atoms with Gasteiger partial charge in [-0.3, -0.25) is 32.5 Å². The Bertz CT molecular complexity index is 2310. The number of rotatable bonds is 67. The summed E-state index contributed by atoms with van der Waals surface area (Å²) in [6, 6.07) is 0. The van der Waals surface area contributed by atoms with Gasteiger partial charge >= 0.3 is 33.6 Å². The van der Waals surface area contributed by atoms with Crippen LogP contribution in [0.2, 0.25) is 0 Å². The van der Waals surface area contributed by atoms with Crippen LogP contribution in [0.3, 0.4) is 0 Å². The molecular formula is C77H128O16P2. The lowest BCUT2D eigenvalue weighted by molar-refractivity contribution is -0.161. The molecule has 0 heterocycles. The minimum Gasteiger partial charge on any atom is -0.463 e. The summed E-state index contributed by atoms with van der Waals surface area (Å²) in [5, 5.41) is 20.6. The summed E-state index contributed by atoms with van der Waals surface area (Å²) in [7, 11) is -9.81. The Balaban J connectivity index is 4.66. The number of carbonyl (C=O) groups excluding carboxylic acids is 3. The number of hydrogen-bond donors (Lipinski definition) is 4. The van der Waals surface area contributed by atoms with Gasteiger partial charge in [-0.1, -0.05) is 250 Å². The molecule has 0 saturated heterocycles. The predicted molar refractivity (Wildman–Crippen MR) is 389 cm³/mol. The van der Waals surface area contributed by atoms with Crippen LogP contribution in [0.25, 0.3) is 0 Å². The van der Waals surface area contributed by atoms with Crippen molar-refractivity contribution in [3.05, 3.63) is 146 Å². The van der Waals surface area contributed by atoms with Gasteiger partial charge in [-0.25, -0.2) is 9.13 Å². The highest BCUT2D eigenvalue weighted by Gasteiger charge is 2.29. The van der Waals surface area contributed by atoms with E-state index in [-0.39, 0.29) is 19.3 Å². The molecule has 0 spiro atoms. The lowest BCUT2D eigenvalue weighted by atomic mass is 10.1. The van der Waals surface area contributed by atoms with Crippen LogP contribution < -0.4 is 0 Å². The third-order valence-corrected chi connectivity index (χ3v) is 16.4. The molecule has 0 radical (unpaired) electrons. The zero-order valence-corrected chi connectivity index (χ0v) is 60.6. The summed E-state index contributed by atoms with van der Waals surface area (Å²) in [5.74, 6) is -1.64. The largest absolute Gasteiger partial charge is 0.472 e. The summed E-state index contributed by atoms with van der Waals surface area (Å²) >= 11 is 0. The number of carbonyl (C=O) groups is 3. The third-order valence-electron chi connectivity index (χ3n) is 14.5. The molecule has 5 unspecified atom stereocenters. The molecule has 542 valence electrons. The van der Waals surface area contributed by atoms with E-state index >= 15 is 0 Å². The van der Waals surface area contributed by atoms with E-state index in [4.69, 9.17) is 32.3 Å². The Hall–Kier alpha value is -4.57. The van der Waals surface area contributed by atoms with Crippen LogP contribution >= 0.6 is 15.6 Å². The van der Waals surface area contributed by atoms with Crippen molar-refractivity contribution in [3.63, 3.8) is 0 Å². The lowest BCUT2D eigenvalue weighted by Gasteiger charge is -2.21. The second-order valence-corrected chi connectivity index (χ2v) is 26.5. The van der Waals surface area contributed by atoms with E-state index in [0.29, 0.717) is 19.3 Å². The first-order valence-corrected chi connectivity index (χ1v) is 39.1. The number of phosphoric ester groups is 2. The van der Waals surface area contributed by atoms with Crippen LogP contribution in [0.15, 0.2) is 146 Å². The average molecular weight is 1370 g/mol. The lowest BCUT2D eigenvalue weighted by Crippen LogP contribution is -2.30. The van der Waals surface area contributed by atoms with E-state index in [1.165, 1.54) is 51.4 Å². The van der Waals surface area contributed by atoms with Crippen molar-refractivity contribution in [2.75, 3.05) is 39.6 Å². The Morgan fingerprint density at radius 2 is 0.558 bits per heavy atom. The maximum Gasteiger partial charge on any atom is 0.472 e. The number of aliphatic hydroxyl groups is 2. The first-order chi connectivity index (χ1) is 46.2. The Morgan fingerprint density at radius 3 is 0.884 bits per heavy atom. The molecule has 16 nitrogen and oxygen atoms in total. The summed E-state index contributed by atoms with van der Waals surface area (Å²) < 4.78 is 60.9. The van der Waals surface area contributed by atoms with Crippen LogP contribution in [0.5, 0.6) is 0 Å². The van der Waals surface area contributed by atoms with Crippen LogP contribution in [0, 0.1) is 0 Å². The fourth-order valence-corrected chi connectivity index (χ4v) is 10.6. The molecule has 0 bridgehead atoms. The molecule has 0 aliphatic rings. The normalized spacial score (nSPS) is 15.0. The van der Waals surface area contributed by atoms with Gasteiger partial charge in [-0.15, -0.1) is 0 Å². The predicted octanol–water partition coefficient (Wildman–Crippen LogP) is 20.5. The summed E-state index contributed by atoms with van der Waals surface area (Å²) in [6.07, 6.45) is 83.2. The Morgan fingerprint density at radius 1 is 0.305 bits per heavy atom. The van der Waals surface area contributed by atoms with Crippen LogP contribution in [0.1, 0.15) is 265 Å². The first-order valence-electron chi connectivity index (χ1n) is 36.1. The van der Waals surface area contributed by atoms with Gasteiger partial charge in [-0.05, 0) is 141 Å². The van der Waals surface area contributed by atoms with E-state index in [2.05, 4.69) is 167 Å². The standard InChI is InChI=1S/C77H128O16P2/c1-4-7-10-13-16-19-22-25-28-31-32-33-34-35-36-37-38-41-43-45-48-51-54-57-60-63-75(80)87-66-72(78)67-89-94(83,84)90-68-73(79)69-91-95(85,86)92-71-74(93-77(82)65-62-59-56-53-50-47-44-40-30-27-24-21-18-15-12-9-6-3)70-88-76(81)64-61-58-55-52-49-46-42-39-29-26-23-20-17-14-11-8-5-2/h8-9,11-12,16-21,25-30,32-33,35-36,42,44,46-47,72-74,78-79H,4-7,10,13-15,22-24,31,34,37-41,43,45,48-71H2,1-3H3,(H,83,84)(H,85,86)/b11-8-,12-9-,19-16-,20-17-,21-18-,28-25-,29-26-,30-27-,33-32-,36-35-,46-42-,47-44-. The van der Waals surface area contributed by atoms with Crippen LogP contribution in [-0.4, -0.2) is 95.9 Å². The topological polar surface area (TPSA) is 231 Å². The minimum absolute atomic E-state index is 0.0657.